The normalized spacial score (nSPS) is 12.5. The number of benzene rings is 2. The first kappa shape index (κ1) is 25.9. The standard InChI is InChI=1S/C21H24Cl2N2O6S/c1-25(32(2,30)31)10-4-5-13-11-15(26)9-8-14(13)12-18(21(28)29)24-20(27)19-16(22)6-3-7-17(19)23/h3,6-9,11,18,26H,4-5,10,12H2,1-2H3,(H,24,27)(H,28,29)/t18-/m0/s1. The van der Waals surface area contributed by atoms with Gasteiger partial charge in [-0.15, -0.1) is 0 Å². The van der Waals surface area contributed by atoms with E-state index < -0.39 is 27.9 Å². The van der Waals surface area contributed by atoms with Gasteiger partial charge in [-0.3, -0.25) is 4.79 Å². The Balaban J connectivity index is 2.19. The molecule has 0 fully saturated rings. The Kier molecular flexibility index (Phi) is 8.91. The number of amides is 1. The van der Waals surface area contributed by atoms with Gasteiger partial charge in [-0.1, -0.05) is 35.3 Å². The van der Waals surface area contributed by atoms with E-state index in [1.165, 1.54) is 35.6 Å². The number of nitrogens with zero attached hydrogens (tertiary/aromatic N) is 1. The number of phenols is 1. The maximum atomic E-state index is 12.6. The van der Waals surface area contributed by atoms with Crippen LogP contribution in [-0.2, 0) is 27.7 Å². The van der Waals surface area contributed by atoms with Gasteiger partial charge in [0.05, 0.1) is 21.9 Å². The number of carboxylic acid groups (broad SMARTS) is 1. The first-order valence-electron chi connectivity index (χ1n) is 9.60. The molecule has 0 aliphatic rings. The van der Waals surface area contributed by atoms with E-state index in [4.69, 9.17) is 23.2 Å². The van der Waals surface area contributed by atoms with E-state index in [2.05, 4.69) is 5.32 Å². The number of phenolic OH excluding ortho intramolecular Hbond substituents is 1. The van der Waals surface area contributed by atoms with Gasteiger partial charge in [0.2, 0.25) is 10.0 Å². The molecule has 11 heteroatoms. The molecule has 0 aromatic heterocycles. The third kappa shape index (κ3) is 7.09. The van der Waals surface area contributed by atoms with Crippen LogP contribution in [0, 0.1) is 0 Å². The maximum Gasteiger partial charge on any atom is 0.326 e. The Bertz CT molecular complexity index is 1090. The van der Waals surface area contributed by atoms with Gasteiger partial charge in [-0.25, -0.2) is 17.5 Å². The van der Waals surface area contributed by atoms with Gasteiger partial charge in [-0.2, -0.15) is 0 Å². The number of hydrogen-bond acceptors (Lipinski definition) is 5. The average molecular weight is 503 g/mol. The number of rotatable bonds is 10. The third-order valence-corrected chi connectivity index (χ3v) is 6.84. The molecular formula is C21H24Cl2N2O6S. The summed E-state index contributed by atoms with van der Waals surface area (Å²) >= 11 is 12.1. The molecule has 3 N–H and O–H groups in total. The first-order chi connectivity index (χ1) is 14.9. The molecular weight excluding hydrogens is 479 g/mol. The number of carboxylic acids is 1. The van der Waals surface area contributed by atoms with E-state index in [-0.39, 0.29) is 34.3 Å². The summed E-state index contributed by atoms with van der Waals surface area (Å²) in [7, 11) is -1.85. The first-order valence-corrected chi connectivity index (χ1v) is 12.2. The van der Waals surface area contributed by atoms with Crippen molar-refractivity contribution in [1.82, 2.24) is 9.62 Å². The SMILES string of the molecule is CN(CCCc1cc(O)ccc1C[C@H](NC(=O)c1c(Cl)cccc1Cl)C(=O)O)S(C)(=O)=O. The minimum absolute atomic E-state index is 0.000947. The zero-order chi connectivity index (χ0) is 24.1. The number of hydrogen-bond donors (Lipinski definition) is 3. The van der Waals surface area contributed by atoms with Crippen molar-refractivity contribution in [1.29, 1.82) is 0 Å². The van der Waals surface area contributed by atoms with Crippen LogP contribution in [0.3, 0.4) is 0 Å². The predicted octanol–water partition coefficient (Wildman–Crippen LogP) is 2.95. The second kappa shape index (κ2) is 11.0. The Morgan fingerprint density at radius 3 is 2.31 bits per heavy atom. The van der Waals surface area contributed by atoms with Gasteiger partial charge in [0.1, 0.15) is 11.8 Å². The smallest absolute Gasteiger partial charge is 0.326 e. The van der Waals surface area contributed by atoms with Gasteiger partial charge in [0.15, 0.2) is 0 Å². The van der Waals surface area contributed by atoms with Crippen LogP contribution in [-0.4, -0.2) is 60.7 Å². The molecule has 2 aromatic carbocycles. The fraction of sp³-hybridized carbons (Fsp3) is 0.333. The Morgan fingerprint density at radius 2 is 1.75 bits per heavy atom. The number of aromatic hydroxyl groups is 1. The van der Waals surface area contributed by atoms with Gasteiger partial charge >= 0.3 is 5.97 Å². The Labute approximate surface area is 196 Å². The second-order valence-corrected chi connectivity index (χ2v) is 10.2. The molecule has 0 unspecified atom stereocenters. The highest BCUT2D eigenvalue weighted by Crippen LogP contribution is 2.25. The number of halogens is 2. The van der Waals surface area contributed by atoms with Crippen molar-refractivity contribution in [2.75, 3.05) is 19.8 Å². The fourth-order valence-corrected chi connectivity index (χ4v) is 4.10. The van der Waals surface area contributed by atoms with Crippen LogP contribution >= 0.6 is 23.2 Å². The van der Waals surface area contributed by atoms with E-state index in [1.807, 2.05) is 0 Å². The minimum atomic E-state index is -3.32. The van der Waals surface area contributed by atoms with Crippen molar-refractivity contribution in [2.45, 2.75) is 25.3 Å². The number of sulfonamides is 1. The second-order valence-electron chi connectivity index (χ2n) is 7.31. The summed E-state index contributed by atoms with van der Waals surface area (Å²) in [5, 5.41) is 22.1. The number of aryl methyl sites for hydroxylation is 1. The number of carbonyl (C=O) groups is 2. The van der Waals surface area contributed by atoms with Crippen LogP contribution in [0.5, 0.6) is 5.75 Å². The molecule has 32 heavy (non-hydrogen) atoms. The topological polar surface area (TPSA) is 124 Å². The number of aliphatic carboxylic acids is 1. The Hall–Kier alpha value is -2.33. The van der Waals surface area contributed by atoms with Gasteiger partial charge in [0.25, 0.3) is 5.91 Å². The Morgan fingerprint density at radius 1 is 1.12 bits per heavy atom. The molecule has 0 saturated carbocycles. The highest BCUT2D eigenvalue weighted by Gasteiger charge is 2.25. The lowest BCUT2D eigenvalue weighted by atomic mass is 9.96. The van der Waals surface area contributed by atoms with Gasteiger partial charge < -0.3 is 15.5 Å². The molecule has 0 spiro atoms. The van der Waals surface area contributed by atoms with Crippen molar-refractivity contribution < 1.29 is 28.2 Å². The summed E-state index contributed by atoms with van der Waals surface area (Å²) in [6.07, 6.45) is 1.92. The monoisotopic (exact) mass is 502 g/mol. The lowest BCUT2D eigenvalue weighted by Gasteiger charge is -2.19. The molecule has 0 heterocycles. The molecule has 1 atom stereocenters. The molecule has 0 aliphatic carbocycles. The van der Waals surface area contributed by atoms with Crippen LogP contribution in [0.25, 0.3) is 0 Å². The van der Waals surface area contributed by atoms with E-state index >= 15 is 0 Å². The van der Waals surface area contributed by atoms with Crippen molar-refractivity contribution in [3.05, 3.63) is 63.1 Å². The van der Waals surface area contributed by atoms with Crippen molar-refractivity contribution in [3.63, 3.8) is 0 Å². The molecule has 2 aromatic rings. The number of nitrogens with one attached hydrogen (secondary N) is 1. The summed E-state index contributed by atoms with van der Waals surface area (Å²) in [6.45, 7) is 0.262. The van der Waals surface area contributed by atoms with Crippen LogP contribution in [0.2, 0.25) is 10.0 Å². The van der Waals surface area contributed by atoms with Crippen LogP contribution in [0.4, 0.5) is 0 Å². The van der Waals surface area contributed by atoms with E-state index in [0.29, 0.717) is 24.0 Å². The van der Waals surface area contributed by atoms with Crippen LogP contribution in [0.15, 0.2) is 36.4 Å². The van der Waals surface area contributed by atoms with Crippen molar-refractivity contribution in [2.24, 2.45) is 0 Å². The average Bonchev–Trinajstić information content (AvgIpc) is 2.68. The van der Waals surface area contributed by atoms with E-state index in [0.717, 1.165) is 6.26 Å². The van der Waals surface area contributed by atoms with Crippen LogP contribution < -0.4 is 5.32 Å². The minimum Gasteiger partial charge on any atom is -0.508 e. The molecule has 2 rings (SSSR count). The summed E-state index contributed by atoms with van der Waals surface area (Å²) < 4.78 is 24.3. The summed E-state index contributed by atoms with van der Waals surface area (Å²) in [4.78, 5) is 24.5. The lowest BCUT2D eigenvalue weighted by Crippen LogP contribution is -2.42. The maximum absolute atomic E-state index is 12.6. The van der Waals surface area contributed by atoms with Gasteiger partial charge in [-0.05, 0) is 48.2 Å². The van der Waals surface area contributed by atoms with Gasteiger partial charge in [0, 0.05) is 20.0 Å². The number of carbonyl (C=O) groups excluding carboxylic acids is 1. The fourth-order valence-electron chi connectivity index (χ4n) is 3.07. The summed E-state index contributed by atoms with van der Waals surface area (Å²) in [5.41, 5.74) is 1.24. The zero-order valence-electron chi connectivity index (χ0n) is 17.5. The quantitative estimate of drug-likeness (QED) is 0.458. The summed E-state index contributed by atoms with van der Waals surface area (Å²) in [5.74, 6) is -1.97. The van der Waals surface area contributed by atoms with E-state index in [9.17, 15) is 28.2 Å². The van der Waals surface area contributed by atoms with Crippen molar-refractivity contribution >= 4 is 45.1 Å². The lowest BCUT2D eigenvalue weighted by molar-refractivity contribution is -0.139. The van der Waals surface area contributed by atoms with Crippen LogP contribution in [0.1, 0.15) is 27.9 Å². The van der Waals surface area contributed by atoms with Crippen molar-refractivity contribution in [3.8, 4) is 5.75 Å². The molecule has 8 nitrogen and oxygen atoms in total. The molecule has 0 radical (unpaired) electrons. The zero-order valence-corrected chi connectivity index (χ0v) is 19.8. The van der Waals surface area contributed by atoms with E-state index in [1.54, 1.807) is 12.1 Å². The highest BCUT2D eigenvalue weighted by molar-refractivity contribution is 7.88. The largest absolute Gasteiger partial charge is 0.508 e. The molecule has 0 bridgehead atoms. The molecule has 0 saturated heterocycles. The molecule has 1 amide bonds. The summed E-state index contributed by atoms with van der Waals surface area (Å²) in [6, 6.07) is 7.74. The third-order valence-electron chi connectivity index (χ3n) is 4.89. The molecule has 0 aliphatic heterocycles. The molecule has 174 valence electrons. The highest BCUT2D eigenvalue weighted by atomic mass is 35.5. The predicted molar refractivity (Wildman–Crippen MR) is 123 cm³/mol.